The molecular weight excluding hydrogens is 330 g/mol. The van der Waals surface area contributed by atoms with Gasteiger partial charge in [0.25, 0.3) is 11.8 Å². The second kappa shape index (κ2) is 7.39. The summed E-state index contributed by atoms with van der Waals surface area (Å²) in [5.41, 5.74) is 7.08. The lowest BCUT2D eigenvalue weighted by Gasteiger charge is -2.28. The zero-order valence-electron chi connectivity index (χ0n) is 15.1. The first-order chi connectivity index (χ1) is 12.5. The quantitative estimate of drug-likeness (QED) is 0.680. The number of hydrazone groups is 1. The highest BCUT2D eigenvalue weighted by Gasteiger charge is 2.26. The highest BCUT2D eigenvalue weighted by atomic mass is 16.5. The number of hydrogen-bond donors (Lipinski definition) is 1. The van der Waals surface area contributed by atoms with E-state index in [1.165, 1.54) is 10.5 Å². The van der Waals surface area contributed by atoms with Crippen LogP contribution >= 0.6 is 0 Å². The number of benzene rings is 2. The summed E-state index contributed by atoms with van der Waals surface area (Å²) in [5.74, 6) is -0.0250. The van der Waals surface area contributed by atoms with Gasteiger partial charge in [-0.15, -0.1) is 0 Å². The van der Waals surface area contributed by atoms with Crippen molar-refractivity contribution in [2.75, 3.05) is 18.1 Å². The summed E-state index contributed by atoms with van der Waals surface area (Å²) in [6.45, 7) is 5.69. The van der Waals surface area contributed by atoms with Crippen molar-refractivity contribution < 1.29 is 14.3 Å². The Hall–Kier alpha value is -3.15. The summed E-state index contributed by atoms with van der Waals surface area (Å²) in [5, 5.41) is 4.18. The van der Waals surface area contributed by atoms with E-state index in [9.17, 15) is 9.59 Å². The molecule has 6 heteroatoms. The van der Waals surface area contributed by atoms with Crippen LogP contribution in [0.1, 0.15) is 23.6 Å². The van der Waals surface area contributed by atoms with Crippen molar-refractivity contribution in [1.29, 1.82) is 0 Å². The summed E-state index contributed by atoms with van der Waals surface area (Å²) >= 11 is 0. The molecule has 0 fully saturated rings. The van der Waals surface area contributed by atoms with Crippen LogP contribution in [-0.2, 0) is 9.59 Å². The lowest BCUT2D eigenvalue weighted by atomic mass is 10.0. The SMILES string of the molecule is C/C(=N/NC(=O)CN1C(=O)COc2ccccc21)c1ccc(C)cc1C. The first kappa shape index (κ1) is 17.7. The van der Waals surface area contributed by atoms with Crippen LogP contribution in [0.15, 0.2) is 47.6 Å². The normalized spacial score (nSPS) is 13.9. The number of aryl methyl sites for hydroxylation is 2. The third kappa shape index (κ3) is 3.74. The van der Waals surface area contributed by atoms with Gasteiger partial charge in [0, 0.05) is 5.56 Å². The lowest BCUT2D eigenvalue weighted by Crippen LogP contribution is -2.44. The van der Waals surface area contributed by atoms with E-state index < -0.39 is 0 Å². The predicted molar refractivity (Wildman–Crippen MR) is 101 cm³/mol. The molecular formula is C20H21N3O3. The molecule has 1 heterocycles. The maximum absolute atomic E-state index is 12.3. The Bertz CT molecular complexity index is 890. The second-order valence-corrected chi connectivity index (χ2v) is 6.29. The molecule has 0 unspecified atom stereocenters. The number of anilines is 1. The fourth-order valence-corrected chi connectivity index (χ4v) is 2.93. The van der Waals surface area contributed by atoms with Crippen molar-refractivity contribution in [2.45, 2.75) is 20.8 Å². The van der Waals surface area contributed by atoms with Crippen molar-refractivity contribution in [3.8, 4) is 5.75 Å². The number of carbonyl (C=O) groups is 2. The number of amides is 2. The van der Waals surface area contributed by atoms with Crippen LogP contribution in [0.3, 0.4) is 0 Å². The van der Waals surface area contributed by atoms with E-state index in [1.54, 1.807) is 18.2 Å². The Balaban J connectivity index is 1.70. The zero-order valence-corrected chi connectivity index (χ0v) is 15.1. The van der Waals surface area contributed by atoms with E-state index in [0.29, 0.717) is 17.1 Å². The highest BCUT2D eigenvalue weighted by molar-refractivity contribution is 6.03. The van der Waals surface area contributed by atoms with Gasteiger partial charge in [0.05, 0.1) is 11.4 Å². The maximum Gasteiger partial charge on any atom is 0.265 e. The number of ether oxygens (including phenoxy) is 1. The average Bonchev–Trinajstić information content (AvgIpc) is 2.62. The number of nitrogens with zero attached hydrogens (tertiary/aromatic N) is 2. The van der Waals surface area contributed by atoms with E-state index in [2.05, 4.69) is 16.6 Å². The number of para-hydroxylation sites is 2. The minimum atomic E-state index is -0.362. The molecule has 26 heavy (non-hydrogen) atoms. The summed E-state index contributed by atoms with van der Waals surface area (Å²) in [4.78, 5) is 25.8. The summed E-state index contributed by atoms with van der Waals surface area (Å²) in [6.07, 6.45) is 0. The molecule has 1 aliphatic rings. The molecule has 0 saturated carbocycles. The van der Waals surface area contributed by atoms with Crippen molar-refractivity contribution in [1.82, 2.24) is 5.43 Å². The first-order valence-electron chi connectivity index (χ1n) is 8.38. The van der Waals surface area contributed by atoms with Gasteiger partial charge in [0.1, 0.15) is 12.3 Å². The van der Waals surface area contributed by atoms with Crippen molar-refractivity contribution in [2.24, 2.45) is 5.10 Å². The number of fused-ring (bicyclic) bond motifs is 1. The van der Waals surface area contributed by atoms with E-state index in [1.807, 2.05) is 39.0 Å². The van der Waals surface area contributed by atoms with E-state index in [-0.39, 0.29) is 25.0 Å². The molecule has 134 valence electrons. The Labute approximate surface area is 152 Å². The molecule has 2 aromatic carbocycles. The minimum Gasteiger partial charge on any atom is -0.482 e. The van der Waals surface area contributed by atoms with Crippen LogP contribution in [0.4, 0.5) is 5.69 Å². The molecule has 2 aromatic rings. The van der Waals surface area contributed by atoms with Crippen LogP contribution in [0.5, 0.6) is 5.75 Å². The highest BCUT2D eigenvalue weighted by Crippen LogP contribution is 2.31. The Morgan fingerprint density at radius 2 is 2.00 bits per heavy atom. The van der Waals surface area contributed by atoms with Gasteiger partial charge >= 0.3 is 0 Å². The van der Waals surface area contributed by atoms with Gasteiger partial charge in [0.15, 0.2) is 6.61 Å². The molecule has 0 radical (unpaired) electrons. The maximum atomic E-state index is 12.3. The summed E-state index contributed by atoms with van der Waals surface area (Å²) in [7, 11) is 0. The Morgan fingerprint density at radius 3 is 2.77 bits per heavy atom. The predicted octanol–water partition coefficient (Wildman–Crippen LogP) is 2.57. The minimum absolute atomic E-state index is 0.0743. The van der Waals surface area contributed by atoms with Crippen LogP contribution in [0.25, 0.3) is 0 Å². The molecule has 0 saturated heterocycles. The van der Waals surface area contributed by atoms with Crippen molar-refractivity contribution in [3.63, 3.8) is 0 Å². The number of hydrogen-bond acceptors (Lipinski definition) is 4. The van der Waals surface area contributed by atoms with E-state index in [4.69, 9.17) is 4.74 Å². The van der Waals surface area contributed by atoms with Crippen molar-refractivity contribution in [3.05, 3.63) is 59.2 Å². The molecule has 1 N–H and O–H groups in total. The molecule has 2 amide bonds. The largest absolute Gasteiger partial charge is 0.482 e. The molecule has 0 atom stereocenters. The van der Waals surface area contributed by atoms with E-state index >= 15 is 0 Å². The smallest absolute Gasteiger partial charge is 0.265 e. The summed E-state index contributed by atoms with van der Waals surface area (Å²) < 4.78 is 5.38. The number of nitrogens with one attached hydrogen (secondary N) is 1. The van der Waals surface area contributed by atoms with Gasteiger partial charge in [-0.05, 0) is 38.5 Å². The molecule has 0 aliphatic carbocycles. The van der Waals surface area contributed by atoms with E-state index in [0.717, 1.165) is 11.1 Å². The van der Waals surface area contributed by atoms with Gasteiger partial charge in [-0.3, -0.25) is 14.5 Å². The first-order valence-corrected chi connectivity index (χ1v) is 8.38. The van der Waals surface area contributed by atoms with Gasteiger partial charge in [-0.25, -0.2) is 5.43 Å². The second-order valence-electron chi connectivity index (χ2n) is 6.29. The Kier molecular flexibility index (Phi) is 5.02. The fourth-order valence-electron chi connectivity index (χ4n) is 2.93. The van der Waals surface area contributed by atoms with Crippen LogP contribution in [0.2, 0.25) is 0 Å². The van der Waals surface area contributed by atoms with Crippen LogP contribution < -0.4 is 15.1 Å². The fraction of sp³-hybridized carbons (Fsp3) is 0.250. The third-order valence-electron chi connectivity index (χ3n) is 4.23. The Morgan fingerprint density at radius 1 is 1.23 bits per heavy atom. The van der Waals surface area contributed by atoms with Gasteiger partial charge in [-0.2, -0.15) is 5.10 Å². The molecule has 6 nitrogen and oxygen atoms in total. The molecule has 1 aliphatic heterocycles. The number of rotatable bonds is 4. The van der Waals surface area contributed by atoms with Crippen molar-refractivity contribution >= 4 is 23.2 Å². The van der Waals surface area contributed by atoms with Crippen LogP contribution in [0, 0.1) is 13.8 Å². The number of carbonyl (C=O) groups excluding carboxylic acids is 2. The molecule has 0 bridgehead atoms. The molecule has 3 rings (SSSR count). The van der Waals surface area contributed by atoms with Crippen LogP contribution in [-0.4, -0.2) is 30.7 Å². The third-order valence-corrected chi connectivity index (χ3v) is 4.23. The van der Waals surface area contributed by atoms with Gasteiger partial charge in [0.2, 0.25) is 0 Å². The topological polar surface area (TPSA) is 71.0 Å². The molecule has 0 spiro atoms. The molecule has 0 aromatic heterocycles. The standard InChI is InChI=1S/C20H21N3O3/c1-13-8-9-16(14(2)10-13)15(3)21-22-19(24)11-23-17-6-4-5-7-18(17)26-12-20(23)25/h4-10H,11-12H2,1-3H3,(H,22,24)/b21-15-. The summed E-state index contributed by atoms with van der Waals surface area (Å²) in [6, 6.07) is 13.2. The lowest BCUT2D eigenvalue weighted by molar-refractivity contribution is -0.125. The zero-order chi connectivity index (χ0) is 18.7. The van der Waals surface area contributed by atoms with Gasteiger partial charge in [-0.1, -0.05) is 35.9 Å². The van der Waals surface area contributed by atoms with Gasteiger partial charge < -0.3 is 4.74 Å². The monoisotopic (exact) mass is 351 g/mol. The average molecular weight is 351 g/mol.